The van der Waals surface area contributed by atoms with E-state index in [0.717, 1.165) is 29.8 Å². The number of hydrogen-bond acceptors (Lipinski definition) is 4. The number of amidine groups is 1. The Hall–Kier alpha value is -4.35. The van der Waals surface area contributed by atoms with E-state index in [2.05, 4.69) is 12.2 Å². The maximum absolute atomic E-state index is 13.5. The summed E-state index contributed by atoms with van der Waals surface area (Å²) < 4.78 is 31.7. The van der Waals surface area contributed by atoms with Gasteiger partial charge < -0.3 is 19.8 Å². The lowest BCUT2D eigenvalue weighted by Crippen LogP contribution is -2.39. The Balaban J connectivity index is 0.000000541. The predicted octanol–water partition coefficient (Wildman–Crippen LogP) is 6.01. The van der Waals surface area contributed by atoms with Gasteiger partial charge in [-0.1, -0.05) is 65.7 Å². The van der Waals surface area contributed by atoms with Crippen LogP contribution in [-0.4, -0.2) is 64.3 Å². The minimum Gasteiger partial charge on any atom is -0.475 e. The molecule has 0 unspecified atom stereocenters. The molecular weight excluding hydrogens is 608 g/mol. The van der Waals surface area contributed by atoms with E-state index < -0.39 is 12.1 Å². The van der Waals surface area contributed by atoms with Crippen LogP contribution in [0.4, 0.5) is 18.9 Å². The van der Waals surface area contributed by atoms with Crippen molar-refractivity contribution in [2.75, 3.05) is 24.5 Å². The zero-order valence-corrected chi connectivity index (χ0v) is 24.0. The molecule has 2 N–H and O–H groups in total. The first kappa shape index (κ1) is 31.6. The van der Waals surface area contributed by atoms with E-state index in [1.165, 1.54) is 4.90 Å². The molecule has 0 atom stereocenters. The van der Waals surface area contributed by atoms with Crippen molar-refractivity contribution in [3.63, 3.8) is 0 Å². The molecule has 224 valence electrons. The van der Waals surface area contributed by atoms with Gasteiger partial charge >= 0.3 is 12.1 Å². The van der Waals surface area contributed by atoms with Gasteiger partial charge in [0.15, 0.2) is 0 Å². The van der Waals surface area contributed by atoms with Gasteiger partial charge in [0.2, 0.25) is 5.91 Å². The van der Waals surface area contributed by atoms with Gasteiger partial charge in [0.05, 0.1) is 18.8 Å². The average Bonchev–Trinajstić information content (AvgIpc) is 3.47. The third-order valence-electron chi connectivity index (χ3n) is 6.68. The molecule has 2 heterocycles. The summed E-state index contributed by atoms with van der Waals surface area (Å²) in [5.74, 6) is -2.73. The molecule has 0 saturated heterocycles. The van der Waals surface area contributed by atoms with Crippen molar-refractivity contribution >= 4 is 52.5 Å². The molecule has 0 aromatic heterocycles. The van der Waals surface area contributed by atoms with Crippen LogP contribution in [0.2, 0.25) is 10.0 Å². The third-order valence-corrected chi connectivity index (χ3v) is 7.29. The number of halogens is 5. The molecule has 0 aliphatic carbocycles. The average molecular weight is 633 g/mol. The molecule has 3 aromatic rings. The highest BCUT2D eigenvalue weighted by atomic mass is 35.5. The molecule has 0 spiro atoms. The van der Waals surface area contributed by atoms with E-state index in [1.807, 2.05) is 41.3 Å². The number of carbonyl (C=O) groups is 3. The highest BCUT2D eigenvalue weighted by molar-refractivity contribution is 6.32. The highest BCUT2D eigenvalue weighted by Gasteiger charge is 2.38. The Morgan fingerprint density at radius 2 is 1.44 bits per heavy atom. The van der Waals surface area contributed by atoms with E-state index in [4.69, 9.17) is 38.5 Å². The fourth-order valence-electron chi connectivity index (χ4n) is 4.47. The van der Waals surface area contributed by atoms with Crippen LogP contribution in [0, 0.1) is 5.41 Å². The van der Waals surface area contributed by atoms with E-state index in [1.54, 1.807) is 35.2 Å². The number of benzene rings is 3. The first-order valence-electron chi connectivity index (χ1n) is 12.9. The van der Waals surface area contributed by atoms with Crippen LogP contribution in [0.25, 0.3) is 0 Å². The summed E-state index contributed by atoms with van der Waals surface area (Å²) in [6.07, 6.45) is -0.977. The molecule has 0 fully saturated rings. The normalized spacial score (nSPS) is 14.5. The molecule has 2 amide bonds. The molecule has 2 aliphatic heterocycles. The second-order valence-corrected chi connectivity index (χ2v) is 10.5. The lowest BCUT2D eigenvalue weighted by Gasteiger charge is -2.24. The van der Waals surface area contributed by atoms with Gasteiger partial charge in [-0.15, -0.1) is 0 Å². The number of nitrogens with one attached hydrogen (secondary N) is 1. The molecule has 0 saturated carbocycles. The van der Waals surface area contributed by atoms with Crippen molar-refractivity contribution in [3.8, 4) is 0 Å². The van der Waals surface area contributed by atoms with Gasteiger partial charge in [0.1, 0.15) is 12.4 Å². The van der Waals surface area contributed by atoms with Gasteiger partial charge in [-0.05, 0) is 42.0 Å². The summed E-state index contributed by atoms with van der Waals surface area (Å²) in [5.41, 5.74) is 3.63. The number of rotatable bonds is 4. The van der Waals surface area contributed by atoms with Crippen LogP contribution in [0.15, 0.2) is 78.9 Å². The summed E-state index contributed by atoms with van der Waals surface area (Å²) in [7, 11) is 0. The number of carboxylic acids is 1. The van der Waals surface area contributed by atoms with Crippen LogP contribution in [0.5, 0.6) is 0 Å². The number of carboxylic acid groups (broad SMARTS) is 1. The molecular formula is C30H25Cl2F3N4O4. The standard InChI is InChI=1S/C28H24Cl2N4O2.C2HF3O2/c29-22-12-10-21(11-13-22)28(36)33-17-23-24(30)4-3-5-25(23)34(26(35)18-33)16-19-6-8-20(9-7-19)27(31)32-14-1-2-15-32;3-2(4,5)1(6)7/h1-13,31H,14-18H2;(H,6,7). The van der Waals surface area contributed by atoms with Crippen LogP contribution < -0.4 is 4.90 Å². The Morgan fingerprint density at radius 3 is 2.02 bits per heavy atom. The molecule has 3 aromatic carbocycles. The zero-order chi connectivity index (χ0) is 31.3. The molecule has 5 rings (SSSR count). The number of anilines is 1. The fourth-order valence-corrected chi connectivity index (χ4v) is 4.83. The first-order valence-corrected chi connectivity index (χ1v) is 13.6. The van der Waals surface area contributed by atoms with Gasteiger partial charge in [0.25, 0.3) is 5.91 Å². The Morgan fingerprint density at radius 1 is 0.860 bits per heavy atom. The van der Waals surface area contributed by atoms with Gasteiger partial charge in [0, 0.05) is 39.8 Å². The molecule has 13 heteroatoms. The Kier molecular flexibility index (Phi) is 9.77. The largest absolute Gasteiger partial charge is 0.490 e. The number of aliphatic carboxylic acids is 1. The SMILES string of the molecule is N=C(c1ccc(CN2C(=O)CN(C(=O)c3ccc(Cl)cc3)Cc3c(Cl)cccc32)cc1)N1CC=CC1.O=C(O)C(F)(F)F. The second kappa shape index (κ2) is 13.3. The lowest BCUT2D eigenvalue weighted by molar-refractivity contribution is -0.192. The lowest BCUT2D eigenvalue weighted by atomic mass is 10.1. The van der Waals surface area contributed by atoms with Crippen molar-refractivity contribution in [1.29, 1.82) is 5.41 Å². The maximum atomic E-state index is 13.5. The number of fused-ring (bicyclic) bond motifs is 1. The monoisotopic (exact) mass is 632 g/mol. The number of nitrogens with zero attached hydrogens (tertiary/aromatic N) is 3. The minimum absolute atomic E-state index is 0.0723. The van der Waals surface area contributed by atoms with Crippen LogP contribution >= 0.6 is 23.2 Å². The first-order chi connectivity index (χ1) is 20.3. The van der Waals surface area contributed by atoms with Gasteiger partial charge in [-0.3, -0.25) is 15.0 Å². The topological polar surface area (TPSA) is 105 Å². The van der Waals surface area contributed by atoms with Crippen molar-refractivity contribution in [3.05, 3.63) is 111 Å². The van der Waals surface area contributed by atoms with E-state index in [9.17, 15) is 22.8 Å². The van der Waals surface area contributed by atoms with Crippen molar-refractivity contribution in [1.82, 2.24) is 9.80 Å². The van der Waals surface area contributed by atoms with Crippen LogP contribution in [0.1, 0.15) is 27.0 Å². The Bertz CT molecular complexity index is 1550. The number of hydrogen-bond donors (Lipinski definition) is 2. The summed E-state index contributed by atoms with van der Waals surface area (Å²) in [6, 6.07) is 19.8. The molecule has 43 heavy (non-hydrogen) atoms. The summed E-state index contributed by atoms with van der Waals surface area (Å²) >= 11 is 12.5. The number of alkyl halides is 3. The number of amides is 2. The van der Waals surface area contributed by atoms with E-state index in [0.29, 0.717) is 33.7 Å². The highest BCUT2D eigenvalue weighted by Crippen LogP contribution is 2.33. The van der Waals surface area contributed by atoms with Crippen molar-refractivity contribution < 1.29 is 32.7 Å². The summed E-state index contributed by atoms with van der Waals surface area (Å²) in [4.78, 5) is 40.8. The molecule has 8 nitrogen and oxygen atoms in total. The van der Waals surface area contributed by atoms with Crippen molar-refractivity contribution in [2.24, 2.45) is 0 Å². The van der Waals surface area contributed by atoms with Gasteiger partial charge in [-0.25, -0.2) is 4.79 Å². The maximum Gasteiger partial charge on any atom is 0.490 e. The second-order valence-electron chi connectivity index (χ2n) is 9.61. The number of carbonyl (C=O) groups excluding carboxylic acids is 2. The summed E-state index contributed by atoms with van der Waals surface area (Å²) in [5, 5.41) is 16.6. The van der Waals surface area contributed by atoms with E-state index in [-0.39, 0.29) is 24.9 Å². The predicted molar refractivity (Wildman–Crippen MR) is 157 cm³/mol. The zero-order valence-electron chi connectivity index (χ0n) is 22.4. The Labute approximate surface area is 255 Å². The third kappa shape index (κ3) is 7.74. The molecule has 0 bridgehead atoms. The molecule has 2 aliphatic rings. The molecule has 0 radical (unpaired) electrons. The summed E-state index contributed by atoms with van der Waals surface area (Å²) in [6.45, 7) is 1.96. The minimum atomic E-state index is -5.08. The van der Waals surface area contributed by atoms with Gasteiger partial charge in [-0.2, -0.15) is 13.2 Å². The van der Waals surface area contributed by atoms with Crippen molar-refractivity contribution in [2.45, 2.75) is 19.3 Å². The van der Waals surface area contributed by atoms with Crippen LogP contribution in [0.3, 0.4) is 0 Å². The quantitative estimate of drug-likeness (QED) is 0.208. The fraction of sp³-hybridized carbons (Fsp3) is 0.200. The van der Waals surface area contributed by atoms with Crippen LogP contribution in [-0.2, 0) is 22.7 Å². The smallest absolute Gasteiger partial charge is 0.475 e. The van der Waals surface area contributed by atoms with E-state index >= 15 is 0 Å².